The van der Waals surface area contributed by atoms with E-state index in [0.29, 0.717) is 17.0 Å². The Hall–Kier alpha value is -3.15. The minimum Gasteiger partial charge on any atom is -0.496 e. The summed E-state index contributed by atoms with van der Waals surface area (Å²) >= 11 is 0. The molecule has 6 heteroatoms. The van der Waals surface area contributed by atoms with Crippen LogP contribution in [0.3, 0.4) is 0 Å². The van der Waals surface area contributed by atoms with Crippen LogP contribution in [0.5, 0.6) is 5.75 Å². The van der Waals surface area contributed by atoms with Gasteiger partial charge in [0, 0.05) is 17.3 Å². The Morgan fingerprint density at radius 3 is 2.48 bits per heavy atom. The highest BCUT2D eigenvalue weighted by Gasteiger charge is 2.16. The van der Waals surface area contributed by atoms with Crippen molar-refractivity contribution >= 4 is 23.6 Å². The van der Waals surface area contributed by atoms with E-state index in [1.165, 1.54) is 44.4 Å². The van der Waals surface area contributed by atoms with Crippen molar-refractivity contribution in [1.29, 1.82) is 0 Å². The molecule has 0 aliphatic heterocycles. The molecule has 0 aliphatic carbocycles. The van der Waals surface area contributed by atoms with Crippen molar-refractivity contribution in [2.24, 2.45) is 0 Å². The lowest BCUT2D eigenvalue weighted by atomic mass is 10.2. The number of carbonyl (C=O) groups is 2. The van der Waals surface area contributed by atoms with Gasteiger partial charge in [0.15, 0.2) is 6.10 Å². The van der Waals surface area contributed by atoms with Crippen molar-refractivity contribution in [3.8, 4) is 5.75 Å². The van der Waals surface area contributed by atoms with Crippen LogP contribution in [-0.4, -0.2) is 25.1 Å². The summed E-state index contributed by atoms with van der Waals surface area (Å²) in [6, 6.07) is 12.5. The van der Waals surface area contributed by atoms with Crippen molar-refractivity contribution in [2.45, 2.75) is 13.0 Å². The second kappa shape index (κ2) is 8.63. The first-order valence-corrected chi connectivity index (χ1v) is 7.57. The number of para-hydroxylation sites is 1. The van der Waals surface area contributed by atoms with Gasteiger partial charge in [-0.2, -0.15) is 0 Å². The van der Waals surface area contributed by atoms with Crippen molar-refractivity contribution in [3.63, 3.8) is 0 Å². The van der Waals surface area contributed by atoms with Gasteiger partial charge in [-0.05, 0) is 43.3 Å². The monoisotopic (exact) mass is 343 g/mol. The summed E-state index contributed by atoms with van der Waals surface area (Å²) in [7, 11) is 1.53. The number of hydrogen-bond acceptors (Lipinski definition) is 4. The Morgan fingerprint density at radius 1 is 1.12 bits per heavy atom. The molecule has 5 nitrogen and oxygen atoms in total. The molecular weight excluding hydrogens is 325 g/mol. The maximum absolute atomic E-state index is 12.8. The van der Waals surface area contributed by atoms with E-state index >= 15 is 0 Å². The van der Waals surface area contributed by atoms with E-state index in [2.05, 4.69) is 5.32 Å². The number of ether oxygens (including phenoxy) is 2. The van der Waals surface area contributed by atoms with Crippen molar-refractivity contribution < 1.29 is 23.5 Å². The molecular formula is C19H18FNO4. The minimum absolute atomic E-state index is 0.404. The van der Waals surface area contributed by atoms with Crippen LogP contribution >= 0.6 is 0 Å². The van der Waals surface area contributed by atoms with Crippen LogP contribution in [0.15, 0.2) is 54.6 Å². The number of amides is 1. The number of halogens is 1. The van der Waals surface area contributed by atoms with Gasteiger partial charge in [-0.1, -0.05) is 18.2 Å². The van der Waals surface area contributed by atoms with Gasteiger partial charge < -0.3 is 14.8 Å². The highest BCUT2D eigenvalue weighted by atomic mass is 19.1. The number of methoxy groups -OCH3 is 1. The molecule has 25 heavy (non-hydrogen) atoms. The summed E-state index contributed by atoms with van der Waals surface area (Å²) in [6.45, 7) is 1.45. The molecule has 2 rings (SSSR count). The fourth-order valence-electron chi connectivity index (χ4n) is 2.01. The van der Waals surface area contributed by atoms with Crippen molar-refractivity contribution in [1.82, 2.24) is 0 Å². The van der Waals surface area contributed by atoms with Crippen LogP contribution in [0.2, 0.25) is 0 Å². The standard InChI is InChI=1S/C19H18FNO4/c1-13(19(23)21-16-10-8-15(20)9-11-16)25-18(22)12-7-14-5-3-4-6-17(14)24-2/h3-13H,1-2H3,(H,21,23)/b12-7+/t13-/m0/s1. The Kier molecular flexibility index (Phi) is 6.28. The normalized spacial score (nSPS) is 11.8. The van der Waals surface area contributed by atoms with Gasteiger partial charge in [-0.25, -0.2) is 9.18 Å². The van der Waals surface area contributed by atoms with E-state index in [1.54, 1.807) is 18.2 Å². The average molecular weight is 343 g/mol. The molecule has 1 atom stereocenters. The SMILES string of the molecule is COc1ccccc1/C=C/C(=O)O[C@@H](C)C(=O)Nc1ccc(F)cc1. The third-order valence-electron chi connectivity index (χ3n) is 3.31. The number of hydrogen-bond donors (Lipinski definition) is 1. The van der Waals surface area contributed by atoms with Crippen LogP contribution in [0, 0.1) is 5.82 Å². The smallest absolute Gasteiger partial charge is 0.331 e. The predicted molar refractivity (Wildman–Crippen MR) is 92.6 cm³/mol. The fraction of sp³-hybridized carbons (Fsp3) is 0.158. The number of rotatable bonds is 6. The van der Waals surface area contributed by atoms with E-state index in [1.807, 2.05) is 12.1 Å². The molecule has 0 aromatic heterocycles. The summed E-state index contributed by atoms with van der Waals surface area (Å²) in [5.41, 5.74) is 1.13. The Balaban J connectivity index is 1.91. The molecule has 0 unspecified atom stereocenters. The maximum Gasteiger partial charge on any atom is 0.331 e. The van der Waals surface area contributed by atoms with Crippen LogP contribution in [0.25, 0.3) is 6.08 Å². The molecule has 1 amide bonds. The largest absolute Gasteiger partial charge is 0.496 e. The first-order chi connectivity index (χ1) is 12.0. The van der Waals surface area contributed by atoms with Gasteiger partial charge in [0.1, 0.15) is 11.6 Å². The van der Waals surface area contributed by atoms with E-state index in [-0.39, 0.29) is 0 Å². The molecule has 0 heterocycles. The second-order valence-electron chi connectivity index (χ2n) is 5.15. The molecule has 2 aromatic rings. The lowest BCUT2D eigenvalue weighted by Crippen LogP contribution is -2.29. The summed E-state index contributed by atoms with van der Waals surface area (Å²) < 4.78 is 23.1. The summed E-state index contributed by atoms with van der Waals surface area (Å²) in [5.74, 6) is -0.953. The van der Waals surface area contributed by atoms with Crippen molar-refractivity contribution in [2.75, 3.05) is 12.4 Å². The number of anilines is 1. The summed E-state index contributed by atoms with van der Waals surface area (Å²) in [6.07, 6.45) is 1.77. The van der Waals surface area contributed by atoms with Gasteiger partial charge in [-0.15, -0.1) is 0 Å². The van der Waals surface area contributed by atoms with Gasteiger partial charge in [0.05, 0.1) is 7.11 Å². The molecule has 0 saturated carbocycles. The molecule has 130 valence electrons. The topological polar surface area (TPSA) is 64.6 Å². The average Bonchev–Trinajstić information content (AvgIpc) is 2.62. The first kappa shape index (κ1) is 18.2. The molecule has 0 bridgehead atoms. The zero-order valence-corrected chi connectivity index (χ0v) is 13.9. The second-order valence-corrected chi connectivity index (χ2v) is 5.15. The molecule has 0 saturated heterocycles. The van der Waals surface area contributed by atoms with Crippen LogP contribution in [-0.2, 0) is 14.3 Å². The zero-order valence-electron chi connectivity index (χ0n) is 13.9. The van der Waals surface area contributed by atoms with E-state index < -0.39 is 23.8 Å². The molecule has 0 radical (unpaired) electrons. The summed E-state index contributed by atoms with van der Waals surface area (Å²) in [4.78, 5) is 23.8. The van der Waals surface area contributed by atoms with E-state index in [4.69, 9.17) is 9.47 Å². The third-order valence-corrected chi connectivity index (χ3v) is 3.31. The minimum atomic E-state index is -1.00. The summed E-state index contributed by atoms with van der Waals surface area (Å²) in [5, 5.41) is 2.54. The van der Waals surface area contributed by atoms with Gasteiger partial charge in [-0.3, -0.25) is 4.79 Å². The van der Waals surface area contributed by atoms with Gasteiger partial charge >= 0.3 is 5.97 Å². The van der Waals surface area contributed by atoms with Crippen LogP contribution in [0.1, 0.15) is 12.5 Å². The zero-order chi connectivity index (χ0) is 18.2. The first-order valence-electron chi connectivity index (χ1n) is 7.57. The van der Waals surface area contributed by atoms with Crippen LogP contribution in [0.4, 0.5) is 10.1 Å². The lowest BCUT2D eigenvalue weighted by molar-refractivity contribution is -0.148. The van der Waals surface area contributed by atoms with Crippen molar-refractivity contribution in [3.05, 3.63) is 66.0 Å². The molecule has 0 spiro atoms. The third kappa shape index (κ3) is 5.46. The predicted octanol–water partition coefficient (Wildman–Crippen LogP) is 3.42. The molecule has 0 fully saturated rings. The quantitative estimate of drug-likeness (QED) is 0.645. The Labute approximate surface area is 145 Å². The number of carbonyl (C=O) groups excluding carboxylic acids is 2. The number of nitrogens with one attached hydrogen (secondary N) is 1. The Bertz CT molecular complexity index is 771. The lowest BCUT2D eigenvalue weighted by Gasteiger charge is -2.12. The Morgan fingerprint density at radius 2 is 1.80 bits per heavy atom. The highest BCUT2D eigenvalue weighted by Crippen LogP contribution is 2.18. The fourth-order valence-corrected chi connectivity index (χ4v) is 2.01. The van der Waals surface area contributed by atoms with Gasteiger partial charge in [0.2, 0.25) is 0 Å². The van der Waals surface area contributed by atoms with Gasteiger partial charge in [0.25, 0.3) is 5.91 Å². The molecule has 0 aliphatic rings. The number of benzene rings is 2. The molecule has 1 N–H and O–H groups in total. The highest BCUT2D eigenvalue weighted by molar-refractivity contribution is 5.96. The maximum atomic E-state index is 12.8. The molecule has 2 aromatic carbocycles. The number of esters is 1. The van der Waals surface area contributed by atoms with E-state index in [0.717, 1.165) is 0 Å². The van der Waals surface area contributed by atoms with Crippen LogP contribution < -0.4 is 10.1 Å². The van der Waals surface area contributed by atoms with E-state index in [9.17, 15) is 14.0 Å².